The van der Waals surface area contributed by atoms with Crippen LogP contribution in [0.25, 0.3) is 0 Å². The number of carbonyl (C=O) groups excluding carboxylic acids is 1. The summed E-state index contributed by atoms with van der Waals surface area (Å²) in [6.07, 6.45) is 2.43. The highest BCUT2D eigenvalue weighted by Crippen LogP contribution is 2.24. The van der Waals surface area contributed by atoms with Crippen LogP contribution in [0, 0.1) is 0 Å². The van der Waals surface area contributed by atoms with Gasteiger partial charge in [-0.05, 0) is 35.9 Å². The number of hydrogen-bond donors (Lipinski definition) is 1. The third kappa shape index (κ3) is 3.60. The van der Waals surface area contributed by atoms with Crippen LogP contribution in [0.2, 0.25) is 0 Å². The van der Waals surface area contributed by atoms with Gasteiger partial charge in [0, 0.05) is 30.3 Å². The molecular formula is C21H19N3O3. The van der Waals surface area contributed by atoms with Crippen LogP contribution in [-0.4, -0.2) is 33.0 Å². The van der Waals surface area contributed by atoms with Crippen LogP contribution >= 0.6 is 0 Å². The molecule has 1 aliphatic rings. The quantitative estimate of drug-likeness (QED) is 0.773. The Balaban J connectivity index is 1.48. The van der Waals surface area contributed by atoms with E-state index in [9.17, 15) is 9.90 Å². The van der Waals surface area contributed by atoms with Crippen LogP contribution in [0.1, 0.15) is 33.0 Å². The average molecular weight is 361 g/mol. The molecule has 136 valence electrons. The zero-order valence-electron chi connectivity index (χ0n) is 14.9. The first-order valence-electron chi connectivity index (χ1n) is 8.67. The predicted octanol–water partition coefficient (Wildman–Crippen LogP) is 2.94. The van der Waals surface area contributed by atoms with E-state index < -0.39 is 0 Å². The predicted molar refractivity (Wildman–Crippen MR) is 99.5 cm³/mol. The number of aromatic hydroxyl groups is 1. The third-order valence-electron chi connectivity index (χ3n) is 4.61. The summed E-state index contributed by atoms with van der Waals surface area (Å²) in [6.45, 7) is 0.925. The molecule has 0 atom stereocenters. The molecule has 0 saturated heterocycles. The van der Waals surface area contributed by atoms with Crippen molar-refractivity contribution in [1.29, 1.82) is 0 Å². The first kappa shape index (κ1) is 17.0. The second-order valence-corrected chi connectivity index (χ2v) is 6.49. The van der Waals surface area contributed by atoms with E-state index in [1.807, 2.05) is 24.3 Å². The van der Waals surface area contributed by atoms with E-state index in [0.29, 0.717) is 25.1 Å². The lowest BCUT2D eigenvalue weighted by Gasteiger charge is -2.15. The van der Waals surface area contributed by atoms with Crippen molar-refractivity contribution < 1.29 is 14.6 Å². The molecule has 0 unspecified atom stereocenters. The molecule has 0 fully saturated rings. The van der Waals surface area contributed by atoms with Crippen LogP contribution < -0.4 is 4.74 Å². The zero-order chi connectivity index (χ0) is 18.8. The first-order valence-corrected chi connectivity index (χ1v) is 8.67. The fourth-order valence-corrected chi connectivity index (χ4v) is 3.17. The Labute approximate surface area is 157 Å². The molecule has 0 radical (unpaired) electrons. The summed E-state index contributed by atoms with van der Waals surface area (Å²) in [4.78, 5) is 23.5. The van der Waals surface area contributed by atoms with Crippen LogP contribution in [0.15, 0.2) is 54.7 Å². The number of nitrogens with zero attached hydrogens (tertiary/aromatic N) is 3. The second kappa shape index (κ2) is 7.07. The Kier molecular flexibility index (Phi) is 4.46. The van der Waals surface area contributed by atoms with Gasteiger partial charge in [-0.1, -0.05) is 18.2 Å². The molecule has 0 bridgehead atoms. The number of fused-ring (bicyclic) bond motifs is 1. The molecule has 27 heavy (non-hydrogen) atoms. The number of carbonyl (C=O) groups is 1. The van der Waals surface area contributed by atoms with Crippen molar-refractivity contribution in [2.24, 2.45) is 0 Å². The molecule has 1 amide bonds. The van der Waals surface area contributed by atoms with Gasteiger partial charge >= 0.3 is 0 Å². The molecule has 1 aromatic heterocycles. The minimum absolute atomic E-state index is 0.0825. The lowest BCUT2D eigenvalue weighted by atomic mass is 10.1. The fourth-order valence-electron chi connectivity index (χ4n) is 3.17. The summed E-state index contributed by atoms with van der Waals surface area (Å²) in [7, 11) is 1.64. The molecule has 4 rings (SSSR count). The summed E-state index contributed by atoms with van der Waals surface area (Å²) >= 11 is 0. The average Bonchev–Trinajstić information content (AvgIpc) is 3.11. The van der Waals surface area contributed by atoms with E-state index in [0.717, 1.165) is 28.4 Å². The van der Waals surface area contributed by atoms with Crippen molar-refractivity contribution in [3.05, 3.63) is 82.9 Å². The molecule has 6 heteroatoms. The van der Waals surface area contributed by atoms with Crippen molar-refractivity contribution in [2.45, 2.75) is 19.5 Å². The highest BCUT2D eigenvalue weighted by atomic mass is 16.5. The van der Waals surface area contributed by atoms with Crippen molar-refractivity contribution >= 4 is 5.91 Å². The van der Waals surface area contributed by atoms with Crippen LogP contribution in [0.3, 0.4) is 0 Å². The van der Waals surface area contributed by atoms with Gasteiger partial charge in [-0.2, -0.15) is 0 Å². The number of rotatable bonds is 4. The van der Waals surface area contributed by atoms with Crippen molar-refractivity contribution in [3.8, 4) is 11.5 Å². The molecule has 3 aromatic rings. The Morgan fingerprint density at radius 2 is 2.00 bits per heavy atom. The summed E-state index contributed by atoms with van der Waals surface area (Å²) in [5, 5.41) is 9.59. The van der Waals surface area contributed by atoms with E-state index in [2.05, 4.69) is 9.97 Å². The number of methoxy groups -OCH3 is 1. The van der Waals surface area contributed by atoms with Gasteiger partial charge in [-0.15, -0.1) is 0 Å². The van der Waals surface area contributed by atoms with Crippen molar-refractivity contribution in [2.75, 3.05) is 7.11 Å². The number of aromatic nitrogens is 2. The van der Waals surface area contributed by atoms with Gasteiger partial charge < -0.3 is 14.7 Å². The molecular weight excluding hydrogens is 342 g/mol. The highest BCUT2D eigenvalue weighted by molar-refractivity contribution is 5.94. The van der Waals surface area contributed by atoms with Gasteiger partial charge in [0.15, 0.2) is 0 Å². The zero-order valence-corrected chi connectivity index (χ0v) is 14.9. The van der Waals surface area contributed by atoms with E-state index >= 15 is 0 Å². The van der Waals surface area contributed by atoms with Gasteiger partial charge in [-0.25, -0.2) is 9.97 Å². The Hall–Kier alpha value is -3.41. The third-order valence-corrected chi connectivity index (χ3v) is 4.61. The molecule has 0 aliphatic carbocycles. The standard InChI is InChI=1S/C21H19N3O3/c1-27-18-7-5-14(6-8-18)9-20-22-11-16-12-24(13-19(16)23-20)21(26)15-3-2-4-17(25)10-15/h2-8,10-11,25H,9,12-13H2,1H3. The molecule has 0 spiro atoms. The second-order valence-electron chi connectivity index (χ2n) is 6.49. The Bertz CT molecular complexity index is 986. The number of phenolic OH excluding ortho intramolecular Hbond substituents is 1. The van der Waals surface area contributed by atoms with E-state index in [4.69, 9.17) is 4.74 Å². The number of phenols is 1. The lowest BCUT2D eigenvalue weighted by Crippen LogP contribution is -2.25. The van der Waals surface area contributed by atoms with Gasteiger partial charge in [0.05, 0.1) is 19.3 Å². The summed E-state index contributed by atoms with van der Waals surface area (Å²) in [5.74, 6) is 1.50. The van der Waals surface area contributed by atoms with Gasteiger partial charge in [0.1, 0.15) is 17.3 Å². The van der Waals surface area contributed by atoms with Gasteiger partial charge in [0.25, 0.3) is 5.91 Å². The maximum atomic E-state index is 12.7. The SMILES string of the molecule is COc1ccc(Cc2ncc3c(n2)CN(C(=O)c2cccc(O)c2)C3)cc1. The minimum atomic E-state index is -0.124. The summed E-state index contributed by atoms with van der Waals surface area (Å²) in [5.41, 5.74) is 3.40. The monoisotopic (exact) mass is 361 g/mol. The molecule has 0 saturated carbocycles. The number of ether oxygens (including phenoxy) is 1. The molecule has 1 N–H and O–H groups in total. The van der Waals surface area contributed by atoms with Gasteiger partial charge in [-0.3, -0.25) is 4.79 Å². The Morgan fingerprint density at radius 3 is 2.74 bits per heavy atom. The van der Waals surface area contributed by atoms with E-state index in [-0.39, 0.29) is 11.7 Å². The topological polar surface area (TPSA) is 75.6 Å². The normalized spacial score (nSPS) is 12.7. The lowest BCUT2D eigenvalue weighted by molar-refractivity contribution is 0.0750. The van der Waals surface area contributed by atoms with E-state index in [1.165, 1.54) is 6.07 Å². The summed E-state index contributed by atoms with van der Waals surface area (Å²) < 4.78 is 5.17. The fraction of sp³-hybridized carbons (Fsp3) is 0.190. The molecule has 2 aromatic carbocycles. The molecule has 1 aliphatic heterocycles. The largest absolute Gasteiger partial charge is 0.508 e. The molecule has 2 heterocycles. The van der Waals surface area contributed by atoms with Crippen LogP contribution in [-0.2, 0) is 19.5 Å². The number of amides is 1. The first-order chi connectivity index (χ1) is 13.1. The van der Waals surface area contributed by atoms with Gasteiger partial charge in [0.2, 0.25) is 0 Å². The van der Waals surface area contributed by atoms with Crippen molar-refractivity contribution in [3.63, 3.8) is 0 Å². The summed E-state index contributed by atoms with van der Waals surface area (Å²) in [6, 6.07) is 14.2. The maximum absolute atomic E-state index is 12.7. The van der Waals surface area contributed by atoms with E-state index in [1.54, 1.807) is 36.4 Å². The Morgan fingerprint density at radius 1 is 1.19 bits per heavy atom. The number of benzene rings is 2. The van der Waals surface area contributed by atoms with Crippen LogP contribution in [0.5, 0.6) is 11.5 Å². The highest BCUT2D eigenvalue weighted by Gasteiger charge is 2.26. The minimum Gasteiger partial charge on any atom is -0.508 e. The van der Waals surface area contributed by atoms with Crippen molar-refractivity contribution in [1.82, 2.24) is 14.9 Å². The smallest absolute Gasteiger partial charge is 0.254 e. The molecule has 6 nitrogen and oxygen atoms in total. The maximum Gasteiger partial charge on any atom is 0.254 e. The van der Waals surface area contributed by atoms with Crippen LogP contribution in [0.4, 0.5) is 0 Å². The number of hydrogen-bond acceptors (Lipinski definition) is 5.